The van der Waals surface area contributed by atoms with E-state index in [1.807, 2.05) is 11.6 Å². The van der Waals surface area contributed by atoms with Crippen molar-refractivity contribution < 1.29 is 28.7 Å². The highest BCUT2D eigenvalue weighted by molar-refractivity contribution is 7.98. The molecule has 0 spiro atoms. The molecular formula is C16H16FN3O5S. The number of hydrogen-bond donors (Lipinski definition) is 2. The fraction of sp³-hybridized carbons (Fsp3) is 0.312. The normalized spacial score (nSPS) is 18.9. The number of halogens is 1. The minimum atomic E-state index is -1.45. The van der Waals surface area contributed by atoms with Gasteiger partial charge in [0, 0.05) is 6.21 Å². The number of carboxylic acid groups (broad SMARTS) is 1. The number of imide groups is 2. The highest BCUT2D eigenvalue weighted by Crippen LogP contribution is 2.20. The molecule has 1 aliphatic heterocycles. The predicted molar refractivity (Wildman–Crippen MR) is 93.8 cm³/mol. The number of anilines is 1. The summed E-state index contributed by atoms with van der Waals surface area (Å²) >= 11 is 1.44. The Kier molecular flexibility index (Phi) is 6.45. The van der Waals surface area contributed by atoms with E-state index >= 15 is 0 Å². The molecule has 4 amide bonds. The first-order valence-electron chi connectivity index (χ1n) is 7.54. The van der Waals surface area contributed by atoms with E-state index in [0.717, 1.165) is 18.3 Å². The highest BCUT2D eigenvalue weighted by Gasteiger charge is 2.40. The molecule has 1 aromatic rings. The monoisotopic (exact) mass is 381 g/mol. The molecule has 0 saturated carbocycles. The van der Waals surface area contributed by atoms with E-state index < -0.39 is 41.6 Å². The standard InChI is InChI=1S/C16H16FN3O5S/c1-26-7-6-12(15(23)24)18-8-11-13(21)19-16(25)20(14(11)22)10-4-2-9(17)3-5-10/h2-5,8,11-12H,6-7H2,1H3,(H,23,24)(H,19,21,25)/t11?,12-/m0/s1. The van der Waals surface area contributed by atoms with E-state index in [-0.39, 0.29) is 12.1 Å². The number of barbiturate groups is 1. The Hall–Kier alpha value is -2.75. The Morgan fingerprint density at radius 1 is 1.38 bits per heavy atom. The predicted octanol–water partition coefficient (Wildman–Crippen LogP) is 1.30. The molecule has 0 radical (unpaired) electrons. The van der Waals surface area contributed by atoms with Crippen LogP contribution in [0.25, 0.3) is 0 Å². The fourth-order valence-electron chi connectivity index (χ4n) is 2.24. The van der Waals surface area contributed by atoms with Crippen LogP contribution in [0.15, 0.2) is 29.3 Å². The zero-order chi connectivity index (χ0) is 19.3. The van der Waals surface area contributed by atoms with Gasteiger partial charge in [0.25, 0.3) is 5.91 Å². The lowest BCUT2D eigenvalue weighted by Gasteiger charge is -2.28. The molecule has 2 rings (SSSR count). The molecule has 8 nitrogen and oxygen atoms in total. The van der Waals surface area contributed by atoms with Gasteiger partial charge in [-0.1, -0.05) is 0 Å². The maximum atomic E-state index is 13.0. The van der Waals surface area contributed by atoms with Gasteiger partial charge in [-0.15, -0.1) is 0 Å². The number of rotatable bonds is 7. The summed E-state index contributed by atoms with van der Waals surface area (Å²) < 4.78 is 13.0. The van der Waals surface area contributed by atoms with Crippen molar-refractivity contribution in [3.8, 4) is 0 Å². The molecule has 1 aromatic carbocycles. The van der Waals surface area contributed by atoms with Gasteiger partial charge in [-0.05, 0) is 42.7 Å². The summed E-state index contributed by atoms with van der Waals surface area (Å²) in [5.41, 5.74) is 0.0805. The quantitative estimate of drug-likeness (QED) is 0.543. The van der Waals surface area contributed by atoms with Gasteiger partial charge in [-0.3, -0.25) is 19.9 Å². The second-order valence-corrected chi connectivity index (χ2v) is 6.34. The summed E-state index contributed by atoms with van der Waals surface area (Å²) in [5, 5.41) is 11.2. The molecule has 1 heterocycles. The molecule has 0 aliphatic carbocycles. The molecule has 1 saturated heterocycles. The van der Waals surface area contributed by atoms with Crippen molar-refractivity contribution in [3.05, 3.63) is 30.1 Å². The summed E-state index contributed by atoms with van der Waals surface area (Å²) in [4.78, 5) is 52.2. The molecule has 1 unspecified atom stereocenters. The summed E-state index contributed by atoms with van der Waals surface area (Å²) in [5.74, 6) is -4.41. The van der Waals surface area contributed by atoms with Crippen LogP contribution in [0.4, 0.5) is 14.9 Å². The van der Waals surface area contributed by atoms with Crippen molar-refractivity contribution in [2.75, 3.05) is 16.9 Å². The van der Waals surface area contributed by atoms with Gasteiger partial charge in [-0.2, -0.15) is 11.8 Å². The first-order valence-corrected chi connectivity index (χ1v) is 8.94. The number of urea groups is 1. The number of carbonyl (C=O) groups excluding carboxylic acids is 3. The molecule has 26 heavy (non-hydrogen) atoms. The maximum absolute atomic E-state index is 13.0. The number of hydrogen-bond acceptors (Lipinski definition) is 6. The Morgan fingerprint density at radius 3 is 2.62 bits per heavy atom. The van der Waals surface area contributed by atoms with E-state index in [9.17, 15) is 23.6 Å². The van der Waals surface area contributed by atoms with Gasteiger partial charge in [0.15, 0.2) is 5.92 Å². The molecule has 0 aromatic heterocycles. The number of benzene rings is 1. The number of nitrogens with one attached hydrogen (secondary N) is 1. The van der Waals surface area contributed by atoms with Crippen molar-refractivity contribution in [3.63, 3.8) is 0 Å². The van der Waals surface area contributed by atoms with Crippen LogP contribution in [0.1, 0.15) is 6.42 Å². The van der Waals surface area contributed by atoms with E-state index in [2.05, 4.69) is 4.99 Å². The molecule has 138 valence electrons. The lowest BCUT2D eigenvalue weighted by molar-refractivity contribution is -0.138. The van der Waals surface area contributed by atoms with E-state index in [4.69, 9.17) is 5.11 Å². The molecule has 1 aliphatic rings. The van der Waals surface area contributed by atoms with Crippen molar-refractivity contribution in [2.24, 2.45) is 10.9 Å². The van der Waals surface area contributed by atoms with Crippen molar-refractivity contribution >= 4 is 47.5 Å². The van der Waals surface area contributed by atoms with Gasteiger partial charge < -0.3 is 5.11 Å². The van der Waals surface area contributed by atoms with Crippen LogP contribution in [-0.2, 0) is 14.4 Å². The van der Waals surface area contributed by atoms with Gasteiger partial charge in [0.2, 0.25) is 5.91 Å². The Morgan fingerprint density at radius 2 is 2.04 bits per heavy atom. The molecular weight excluding hydrogens is 365 g/mol. The third-order valence-corrected chi connectivity index (χ3v) is 4.23. The number of carbonyl (C=O) groups is 4. The lowest BCUT2D eigenvalue weighted by atomic mass is 10.1. The van der Waals surface area contributed by atoms with Crippen molar-refractivity contribution in [1.82, 2.24) is 5.32 Å². The van der Waals surface area contributed by atoms with Crippen LogP contribution >= 0.6 is 11.8 Å². The largest absolute Gasteiger partial charge is 0.480 e. The van der Waals surface area contributed by atoms with Crippen molar-refractivity contribution in [2.45, 2.75) is 12.5 Å². The van der Waals surface area contributed by atoms with Crippen molar-refractivity contribution in [1.29, 1.82) is 0 Å². The number of carboxylic acids is 1. The van der Waals surface area contributed by atoms with Gasteiger partial charge in [-0.25, -0.2) is 18.9 Å². The first kappa shape index (κ1) is 19.6. The Labute approximate surface area is 152 Å². The van der Waals surface area contributed by atoms with Crippen LogP contribution in [-0.4, -0.2) is 53.2 Å². The van der Waals surface area contributed by atoms with Crippen LogP contribution in [0.3, 0.4) is 0 Å². The average Bonchev–Trinajstić information content (AvgIpc) is 2.58. The first-order chi connectivity index (χ1) is 12.3. The van der Waals surface area contributed by atoms with Crippen LogP contribution in [0, 0.1) is 11.7 Å². The number of nitrogens with zero attached hydrogens (tertiary/aromatic N) is 2. The second-order valence-electron chi connectivity index (χ2n) is 5.36. The molecule has 1 fully saturated rings. The molecule has 0 bridgehead atoms. The Bertz CT molecular complexity index is 753. The Balaban J connectivity index is 2.24. The number of thioether (sulfide) groups is 1. The number of aliphatic imine (C=N–C) groups is 1. The SMILES string of the molecule is CSCC[C@H](N=CC1C(=O)NC(=O)N(c2ccc(F)cc2)C1=O)C(=O)O. The van der Waals surface area contributed by atoms with Crippen LogP contribution in [0.5, 0.6) is 0 Å². The zero-order valence-corrected chi connectivity index (χ0v) is 14.5. The zero-order valence-electron chi connectivity index (χ0n) is 13.7. The highest BCUT2D eigenvalue weighted by atomic mass is 32.2. The minimum Gasteiger partial charge on any atom is -0.480 e. The minimum absolute atomic E-state index is 0.0805. The van der Waals surface area contributed by atoms with Crippen LogP contribution < -0.4 is 10.2 Å². The average molecular weight is 381 g/mol. The molecule has 2 atom stereocenters. The van der Waals surface area contributed by atoms with E-state index in [1.165, 1.54) is 23.9 Å². The molecule has 10 heteroatoms. The summed E-state index contributed by atoms with van der Waals surface area (Å²) in [6.45, 7) is 0. The summed E-state index contributed by atoms with van der Waals surface area (Å²) in [6, 6.07) is 2.51. The van der Waals surface area contributed by atoms with Crippen LogP contribution in [0.2, 0.25) is 0 Å². The van der Waals surface area contributed by atoms with Gasteiger partial charge in [0.05, 0.1) is 5.69 Å². The molecule has 2 N–H and O–H groups in total. The lowest BCUT2D eigenvalue weighted by Crippen LogP contribution is -2.58. The number of amides is 4. The second kappa shape index (κ2) is 8.56. The van der Waals surface area contributed by atoms with E-state index in [0.29, 0.717) is 10.7 Å². The summed E-state index contributed by atoms with van der Waals surface area (Å²) in [7, 11) is 0. The topological polar surface area (TPSA) is 116 Å². The summed E-state index contributed by atoms with van der Waals surface area (Å²) in [6.07, 6.45) is 2.99. The van der Waals surface area contributed by atoms with E-state index in [1.54, 1.807) is 0 Å². The smallest absolute Gasteiger partial charge is 0.335 e. The third kappa shape index (κ3) is 4.45. The van der Waals surface area contributed by atoms with Gasteiger partial charge >= 0.3 is 12.0 Å². The fourth-order valence-corrected chi connectivity index (χ4v) is 2.70. The third-order valence-electron chi connectivity index (χ3n) is 3.58. The number of aliphatic carboxylic acids is 1. The van der Waals surface area contributed by atoms with Gasteiger partial charge in [0.1, 0.15) is 11.9 Å². The maximum Gasteiger partial charge on any atom is 0.335 e.